The monoisotopic (exact) mass is 392 g/mol. The lowest BCUT2D eigenvalue weighted by Crippen LogP contribution is -2.41. The van der Waals surface area contributed by atoms with Crippen LogP contribution in [-0.4, -0.2) is 33.5 Å². The van der Waals surface area contributed by atoms with Crippen LogP contribution in [0.5, 0.6) is 11.8 Å². The van der Waals surface area contributed by atoms with Crippen molar-refractivity contribution in [2.24, 2.45) is 0 Å². The molecule has 1 aromatic heterocycles. The molecule has 1 aliphatic rings. The predicted octanol–water partition coefficient (Wildman–Crippen LogP) is 2.89. The van der Waals surface area contributed by atoms with Gasteiger partial charge in [-0.3, -0.25) is 4.57 Å². The smallest absolute Gasteiger partial charge is 0.444 e. The third-order valence-corrected chi connectivity index (χ3v) is 3.94. The third kappa shape index (κ3) is 4.35. The zero-order valence-corrected chi connectivity index (χ0v) is 13.8. The molecule has 26 heavy (non-hydrogen) atoms. The molecule has 0 radical (unpaired) electrons. The van der Waals surface area contributed by atoms with E-state index in [1.54, 1.807) is 0 Å². The number of ether oxygens (including phenoxy) is 2. The first kappa shape index (κ1) is 18.3. The fraction of sp³-hybridized carbons (Fsp3) is 0.357. The van der Waals surface area contributed by atoms with Gasteiger partial charge < -0.3 is 24.9 Å². The van der Waals surface area contributed by atoms with Crippen LogP contribution in [0.4, 0.5) is 19.0 Å². The van der Waals surface area contributed by atoms with Crippen molar-refractivity contribution in [1.29, 1.82) is 0 Å². The van der Waals surface area contributed by atoms with Gasteiger partial charge in [-0.25, -0.2) is 0 Å². The SMILES string of the molecule is O=[N+]([O-])c1cn2c(n1)OC[C@@H](NCc1ccc(OC(F)(F)F)cc1Cl)C2. The second-order valence-corrected chi connectivity index (χ2v) is 5.89. The molecule has 2 heterocycles. The van der Waals surface area contributed by atoms with Crippen molar-refractivity contribution < 1.29 is 27.6 Å². The predicted molar refractivity (Wildman–Crippen MR) is 83.1 cm³/mol. The van der Waals surface area contributed by atoms with Crippen LogP contribution in [-0.2, 0) is 13.1 Å². The van der Waals surface area contributed by atoms with Crippen LogP contribution < -0.4 is 14.8 Å². The van der Waals surface area contributed by atoms with Crippen LogP contribution in [0, 0.1) is 10.1 Å². The number of imidazole rings is 1. The molecule has 140 valence electrons. The Bertz CT molecular complexity index is 827. The van der Waals surface area contributed by atoms with Crippen molar-refractivity contribution in [2.45, 2.75) is 25.5 Å². The quantitative estimate of drug-likeness (QED) is 0.621. The van der Waals surface area contributed by atoms with Gasteiger partial charge in [-0.05, 0) is 22.6 Å². The number of nitro groups is 1. The molecule has 0 fully saturated rings. The molecule has 0 spiro atoms. The Morgan fingerprint density at radius 2 is 2.27 bits per heavy atom. The number of alkyl halides is 3. The summed E-state index contributed by atoms with van der Waals surface area (Å²) in [6.45, 7) is 0.898. The molecule has 8 nitrogen and oxygen atoms in total. The molecule has 3 rings (SSSR count). The standard InChI is InChI=1S/C14H12ClF3N4O4/c15-11-3-10(26-14(16,17)18)2-1-8(11)4-19-9-5-21-6-12(22(23)24)20-13(21)25-7-9/h1-3,6,9,19H,4-5,7H2/t9-/m0/s1. The minimum Gasteiger partial charge on any atom is -0.444 e. The maximum atomic E-state index is 12.2. The number of fused-ring (bicyclic) bond motifs is 1. The van der Waals surface area contributed by atoms with Gasteiger partial charge in [0.25, 0.3) is 0 Å². The summed E-state index contributed by atoms with van der Waals surface area (Å²) in [4.78, 5) is 13.9. The highest BCUT2D eigenvalue weighted by atomic mass is 35.5. The van der Waals surface area contributed by atoms with Gasteiger partial charge >= 0.3 is 18.2 Å². The molecule has 12 heteroatoms. The molecule has 2 aromatic rings. The van der Waals surface area contributed by atoms with E-state index < -0.39 is 17.0 Å². The number of benzene rings is 1. The molecule has 0 amide bonds. The van der Waals surface area contributed by atoms with Crippen LogP contribution in [0.3, 0.4) is 0 Å². The molecule has 0 saturated carbocycles. The first-order valence-electron chi connectivity index (χ1n) is 7.33. The van der Waals surface area contributed by atoms with Crippen LogP contribution in [0.25, 0.3) is 0 Å². The summed E-state index contributed by atoms with van der Waals surface area (Å²) in [7, 11) is 0. The summed E-state index contributed by atoms with van der Waals surface area (Å²) in [6, 6.07) is 3.67. The Labute approximate surface area is 149 Å². The highest BCUT2D eigenvalue weighted by Crippen LogP contribution is 2.28. The largest absolute Gasteiger partial charge is 0.573 e. The third-order valence-electron chi connectivity index (χ3n) is 3.58. The number of nitrogens with one attached hydrogen (secondary N) is 1. The topological polar surface area (TPSA) is 91.5 Å². The molecule has 0 aliphatic carbocycles. The lowest BCUT2D eigenvalue weighted by atomic mass is 10.2. The number of hydrogen-bond acceptors (Lipinski definition) is 6. The van der Waals surface area contributed by atoms with E-state index in [9.17, 15) is 23.3 Å². The van der Waals surface area contributed by atoms with Crippen LogP contribution >= 0.6 is 11.6 Å². The van der Waals surface area contributed by atoms with Gasteiger partial charge in [-0.2, -0.15) is 0 Å². The molecular weight excluding hydrogens is 381 g/mol. The summed E-state index contributed by atoms with van der Waals surface area (Å²) >= 11 is 5.99. The molecule has 0 saturated heterocycles. The normalized spacial score (nSPS) is 16.7. The van der Waals surface area contributed by atoms with Gasteiger partial charge in [-0.1, -0.05) is 17.7 Å². The minimum atomic E-state index is -4.78. The summed E-state index contributed by atoms with van der Waals surface area (Å²) in [5, 5.41) is 14.0. The summed E-state index contributed by atoms with van der Waals surface area (Å²) in [6.07, 6.45) is -3.51. The Kier molecular flexibility index (Phi) is 4.92. The fourth-order valence-corrected chi connectivity index (χ4v) is 2.67. The Balaban J connectivity index is 1.60. The maximum absolute atomic E-state index is 12.2. The molecule has 1 aliphatic heterocycles. The van der Waals surface area contributed by atoms with Crippen molar-refractivity contribution >= 4 is 17.4 Å². The van der Waals surface area contributed by atoms with Crippen LogP contribution in [0.2, 0.25) is 5.02 Å². The first-order valence-corrected chi connectivity index (χ1v) is 7.71. The average molecular weight is 393 g/mol. The zero-order valence-electron chi connectivity index (χ0n) is 13.0. The number of nitrogens with zero attached hydrogens (tertiary/aromatic N) is 3. The molecule has 0 unspecified atom stereocenters. The molecule has 1 N–H and O–H groups in total. The van der Waals surface area contributed by atoms with Gasteiger partial charge in [-0.15, -0.1) is 13.2 Å². The van der Waals surface area contributed by atoms with E-state index in [1.807, 2.05) is 0 Å². The van der Waals surface area contributed by atoms with E-state index in [0.29, 0.717) is 12.1 Å². The zero-order chi connectivity index (χ0) is 18.9. The van der Waals surface area contributed by atoms with Gasteiger partial charge in [0.05, 0.1) is 6.04 Å². The molecular formula is C14H12ClF3N4O4. The van der Waals surface area contributed by atoms with E-state index in [0.717, 1.165) is 6.07 Å². The van der Waals surface area contributed by atoms with E-state index in [2.05, 4.69) is 15.0 Å². The van der Waals surface area contributed by atoms with Crippen LogP contribution in [0.1, 0.15) is 5.56 Å². The van der Waals surface area contributed by atoms with Gasteiger partial charge in [0.15, 0.2) is 0 Å². The molecule has 0 bridgehead atoms. The van der Waals surface area contributed by atoms with E-state index in [1.165, 1.54) is 22.9 Å². The fourth-order valence-electron chi connectivity index (χ4n) is 2.43. The van der Waals surface area contributed by atoms with Crippen molar-refractivity contribution in [1.82, 2.24) is 14.9 Å². The maximum Gasteiger partial charge on any atom is 0.573 e. The Hall–Kier alpha value is -2.53. The lowest BCUT2D eigenvalue weighted by molar-refractivity contribution is -0.389. The highest BCUT2D eigenvalue weighted by Gasteiger charge is 2.31. The first-order chi connectivity index (χ1) is 12.2. The number of aromatic nitrogens is 2. The molecule has 1 atom stereocenters. The second kappa shape index (κ2) is 7.00. The minimum absolute atomic E-state index is 0.120. The van der Waals surface area contributed by atoms with Crippen molar-refractivity contribution in [2.75, 3.05) is 6.61 Å². The van der Waals surface area contributed by atoms with Crippen LogP contribution in [0.15, 0.2) is 24.4 Å². The number of rotatable bonds is 5. The average Bonchev–Trinajstić information content (AvgIpc) is 2.96. The van der Waals surface area contributed by atoms with Gasteiger partial charge in [0, 0.05) is 23.1 Å². The van der Waals surface area contributed by atoms with E-state index in [4.69, 9.17) is 16.3 Å². The summed E-state index contributed by atoms with van der Waals surface area (Å²) in [5.41, 5.74) is 0.573. The van der Waals surface area contributed by atoms with E-state index >= 15 is 0 Å². The van der Waals surface area contributed by atoms with E-state index in [-0.39, 0.29) is 36.0 Å². The summed E-state index contributed by atoms with van der Waals surface area (Å²) in [5.74, 6) is -0.702. The second-order valence-electron chi connectivity index (χ2n) is 5.48. The van der Waals surface area contributed by atoms with Gasteiger partial charge in [0.2, 0.25) is 0 Å². The summed E-state index contributed by atoms with van der Waals surface area (Å²) < 4.78 is 47.3. The highest BCUT2D eigenvalue weighted by molar-refractivity contribution is 6.31. The lowest BCUT2D eigenvalue weighted by Gasteiger charge is -2.23. The molecule has 1 aromatic carbocycles. The van der Waals surface area contributed by atoms with Crippen molar-refractivity contribution in [3.05, 3.63) is 45.1 Å². The Morgan fingerprint density at radius 3 is 2.92 bits per heavy atom. The van der Waals surface area contributed by atoms with Crippen molar-refractivity contribution in [3.63, 3.8) is 0 Å². The number of halogens is 4. The number of hydrogen-bond donors (Lipinski definition) is 1. The Morgan fingerprint density at radius 1 is 1.50 bits per heavy atom. The van der Waals surface area contributed by atoms with Crippen molar-refractivity contribution in [3.8, 4) is 11.8 Å². The van der Waals surface area contributed by atoms with Gasteiger partial charge in [0.1, 0.15) is 18.6 Å².